The molecule has 25 heavy (non-hydrogen) atoms. The second-order valence-corrected chi connectivity index (χ2v) is 6.46. The molecule has 1 aliphatic rings. The first-order valence-electron chi connectivity index (χ1n) is 8.62. The lowest BCUT2D eigenvalue weighted by Crippen LogP contribution is -2.31. The Morgan fingerprint density at radius 1 is 1.24 bits per heavy atom. The highest BCUT2D eigenvalue weighted by Gasteiger charge is 2.25. The van der Waals surface area contributed by atoms with Crippen molar-refractivity contribution in [3.63, 3.8) is 0 Å². The number of likely N-dealkylation sites (tertiary alicyclic amines) is 1. The molecule has 0 bridgehead atoms. The molecule has 1 aliphatic heterocycles. The van der Waals surface area contributed by atoms with E-state index in [1.54, 1.807) is 16.9 Å². The van der Waals surface area contributed by atoms with Crippen LogP contribution < -0.4 is 5.32 Å². The van der Waals surface area contributed by atoms with Gasteiger partial charge in [-0.1, -0.05) is 18.2 Å². The number of halogens is 1. The summed E-state index contributed by atoms with van der Waals surface area (Å²) in [5.41, 5.74) is 3.16. The molecular formula is C18H21FN6. The minimum Gasteiger partial charge on any atom is -0.380 e. The van der Waals surface area contributed by atoms with Crippen molar-refractivity contribution in [1.29, 1.82) is 0 Å². The van der Waals surface area contributed by atoms with Crippen LogP contribution in [0.25, 0.3) is 5.65 Å². The molecule has 1 unspecified atom stereocenters. The fourth-order valence-corrected chi connectivity index (χ4v) is 3.52. The first-order chi connectivity index (χ1) is 12.2. The topological polar surface area (TPSA) is 58.3 Å². The number of fused-ring (bicyclic) bond motifs is 1. The molecule has 7 heteroatoms. The molecule has 0 spiro atoms. The third kappa shape index (κ3) is 3.19. The van der Waals surface area contributed by atoms with Gasteiger partial charge in [0.25, 0.3) is 0 Å². The van der Waals surface area contributed by atoms with Gasteiger partial charge in [0.05, 0.1) is 17.4 Å². The van der Waals surface area contributed by atoms with Crippen LogP contribution >= 0.6 is 0 Å². The molecule has 0 amide bonds. The predicted molar refractivity (Wildman–Crippen MR) is 94.0 cm³/mol. The Kier molecular flexibility index (Phi) is 4.31. The Hall–Kier alpha value is -2.54. The molecule has 0 aliphatic carbocycles. The summed E-state index contributed by atoms with van der Waals surface area (Å²) in [6.45, 7) is 4.53. The van der Waals surface area contributed by atoms with E-state index in [1.807, 2.05) is 25.1 Å². The summed E-state index contributed by atoms with van der Waals surface area (Å²) in [6, 6.07) is 8.98. The first kappa shape index (κ1) is 16.0. The van der Waals surface area contributed by atoms with E-state index in [-0.39, 0.29) is 11.9 Å². The molecule has 6 nitrogen and oxygen atoms in total. The second kappa shape index (κ2) is 6.76. The van der Waals surface area contributed by atoms with E-state index in [4.69, 9.17) is 0 Å². The highest BCUT2D eigenvalue weighted by Crippen LogP contribution is 2.28. The van der Waals surface area contributed by atoms with Crippen LogP contribution in [0.2, 0.25) is 0 Å². The second-order valence-electron chi connectivity index (χ2n) is 6.46. The van der Waals surface area contributed by atoms with Gasteiger partial charge < -0.3 is 5.32 Å². The lowest BCUT2D eigenvalue weighted by molar-refractivity contribution is 0.250. The Balaban J connectivity index is 1.62. The lowest BCUT2D eigenvalue weighted by Gasteiger charge is -2.29. The summed E-state index contributed by atoms with van der Waals surface area (Å²) in [5.74, 6) is -0.153. The van der Waals surface area contributed by atoms with Gasteiger partial charge in [-0.05, 0) is 45.0 Å². The average molecular weight is 340 g/mol. The van der Waals surface area contributed by atoms with Crippen molar-refractivity contribution in [3.05, 3.63) is 53.7 Å². The van der Waals surface area contributed by atoms with E-state index < -0.39 is 0 Å². The van der Waals surface area contributed by atoms with E-state index in [2.05, 4.69) is 25.5 Å². The smallest absolute Gasteiger partial charge is 0.200 e. The van der Waals surface area contributed by atoms with Crippen LogP contribution in [0.1, 0.15) is 30.1 Å². The van der Waals surface area contributed by atoms with Gasteiger partial charge in [-0.15, -0.1) is 10.2 Å². The van der Waals surface area contributed by atoms with E-state index in [9.17, 15) is 4.39 Å². The van der Waals surface area contributed by atoms with Gasteiger partial charge in [-0.3, -0.25) is 4.90 Å². The van der Waals surface area contributed by atoms with E-state index in [1.165, 1.54) is 6.07 Å². The molecule has 130 valence electrons. The Morgan fingerprint density at radius 3 is 2.84 bits per heavy atom. The predicted octanol–water partition coefficient (Wildman–Crippen LogP) is 2.82. The summed E-state index contributed by atoms with van der Waals surface area (Å²) >= 11 is 0. The Labute approximate surface area is 145 Å². The summed E-state index contributed by atoms with van der Waals surface area (Å²) < 4.78 is 16.1. The summed E-state index contributed by atoms with van der Waals surface area (Å²) in [4.78, 5) is 2.35. The number of benzene rings is 1. The molecule has 2 aromatic heterocycles. The molecule has 3 heterocycles. The van der Waals surface area contributed by atoms with Crippen molar-refractivity contribution < 1.29 is 4.39 Å². The van der Waals surface area contributed by atoms with Gasteiger partial charge in [-0.25, -0.2) is 4.39 Å². The summed E-state index contributed by atoms with van der Waals surface area (Å²) in [7, 11) is 0. The Morgan fingerprint density at radius 2 is 2.04 bits per heavy atom. The molecular weight excluding hydrogens is 319 g/mol. The molecule has 0 saturated carbocycles. The zero-order chi connectivity index (χ0) is 17.2. The lowest BCUT2D eigenvalue weighted by atomic mass is 10.0. The van der Waals surface area contributed by atoms with E-state index >= 15 is 0 Å². The number of rotatable bonds is 5. The van der Waals surface area contributed by atoms with Crippen molar-refractivity contribution >= 4 is 11.3 Å². The monoisotopic (exact) mass is 340 g/mol. The van der Waals surface area contributed by atoms with Crippen molar-refractivity contribution in [2.24, 2.45) is 0 Å². The van der Waals surface area contributed by atoms with Crippen molar-refractivity contribution in [2.45, 2.75) is 25.8 Å². The summed E-state index contributed by atoms with van der Waals surface area (Å²) in [5, 5.41) is 15.8. The fraction of sp³-hybridized carbons (Fsp3) is 0.389. The van der Waals surface area contributed by atoms with Gasteiger partial charge in [0.2, 0.25) is 5.65 Å². The van der Waals surface area contributed by atoms with Crippen LogP contribution in [-0.2, 0) is 0 Å². The molecule has 1 aromatic carbocycles. The highest BCUT2D eigenvalue weighted by molar-refractivity contribution is 5.66. The number of aromatic nitrogens is 4. The van der Waals surface area contributed by atoms with Crippen molar-refractivity contribution in [1.82, 2.24) is 24.7 Å². The minimum absolute atomic E-state index is 0.0138. The SMILES string of the molecule is Cc1cc(NCC(c2ccccc2F)N2CCCC2)c2nncn2n1. The maximum absolute atomic E-state index is 14.4. The number of hydrogen-bond donors (Lipinski definition) is 1. The molecule has 1 atom stereocenters. The summed E-state index contributed by atoms with van der Waals surface area (Å²) in [6.07, 6.45) is 3.91. The van der Waals surface area contributed by atoms with Crippen molar-refractivity contribution in [2.75, 3.05) is 25.0 Å². The normalized spacial score (nSPS) is 16.4. The maximum atomic E-state index is 14.4. The van der Waals surface area contributed by atoms with Gasteiger partial charge in [0.15, 0.2) is 0 Å². The van der Waals surface area contributed by atoms with Gasteiger partial charge in [0, 0.05) is 12.1 Å². The maximum Gasteiger partial charge on any atom is 0.200 e. The van der Waals surface area contributed by atoms with E-state index in [0.717, 1.165) is 42.9 Å². The highest BCUT2D eigenvalue weighted by atomic mass is 19.1. The van der Waals surface area contributed by atoms with Crippen LogP contribution in [0.4, 0.5) is 10.1 Å². The molecule has 4 rings (SSSR count). The number of hydrogen-bond acceptors (Lipinski definition) is 5. The molecule has 0 radical (unpaired) electrons. The zero-order valence-corrected chi connectivity index (χ0v) is 14.2. The zero-order valence-electron chi connectivity index (χ0n) is 14.2. The molecule has 1 fully saturated rings. The van der Waals surface area contributed by atoms with Crippen LogP contribution in [0, 0.1) is 12.7 Å². The number of nitrogens with one attached hydrogen (secondary N) is 1. The van der Waals surface area contributed by atoms with Crippen LogP contribution in [0.15, 0.2) is 36.7 Å². The standard InChI is InChI=1S/C18H21FN6/c1-13-10-16(18-22-21-12-25(18)23-13)20-11-17(24-8-4-5-9-24)14-6-2-3-7-15(14)19/h2-3,6-7,10,12,17,20H,4-5,8-9,11H2,1H3. The fourth-order valence-electron chi connectivity index (χ4n) is 3.52. The van der Waals surface area contributed by atoms with Crippen molar-refractivity contribution in [3.8, 4) is 0 Å². The first-order valence-corrected chi connectivity index (χ1v) is 8.62. The van der Waals surface area contributed by atoms with Gasteiger partial charge in [0.1, 0.15) is 12.1 Å². The average Bonchev–Trinajstić information content (AvgIpc) is 3.27. The molecule has 1 N–H and O–H groups in total. The van der Waals surface area contributed by atoms with E-state index in [0.29, 0.717) is 12.2 Å². The van der Waals surface area contributed by atoms with Gasteiger partial charge in [-0.2, -0.15) is 9.61 Å². The third-order valence-electron chi connectivity index (χ3n) is 4.72. The minimum atomic E-state index is -0.153. The largest absolute Gasteiger partial charge is 0.380 e. The number of nitrogens with zero attached hydrogens (tertiary/aromatic N) is 5. The quantitative estimate of drug-likeness (QED) is 0.774. The number of aryl methyl sites for hydroxylation is 1. The van der Waals surface area contributed by atoms with Gasteiger partial charge >= 0.3 is 0 Å². The van der Waals surface area contributed by atoms with Crippen LogP contribution in [-0.4, -0.2) is 44.3 Å². The third-order valence-corrected chi connectivity index (χ3v) is 4.72. The molecule has 1 saturated heterocycles. The Bertz CT molecular complexity index is 871. The van der Waals surface area contributed by atoms with Crippen LogP contribution in [0.3, 0.4) is 0 Å². The molecule has 3 aromatic rings. The number of anilines is 1. The van der Waals surface area contributed by atoms with Crippen LogP contribution in [0.5, 0.6) is 0 Å².